The summed E-state index contributed by atoms with van der Waals surface area (Å²) in [5, 5.41) is 35.7. The minimum Gasteiger partial charge on any atom is -0.508 e. The molecule has 0 aliphatic heterocycles. The van der Waals surface area contributed by atoms with Gasteiger partial charge in [0.25, 0.3) is 0 Å². The summed E-state index contributed by atoms with van der Waals surface area (Å²) in [6, 6.07) is 6.26. The lowest BCUT2D eigenvalue weighted by atomic mass is 10.0. The first-order chi connectivity index (χ1) is 7.56. The van der Waals surface area contributed by atoms with Gasteiger partial charge in [-0.2, -0.15) is 5.26 Å². The highest BCUT2D eigenvalue weighted by Crippen LogP contribution is 2.25. The molecule has 0 fully saturated rings. The lowest BCUT2D eigenvalue weighted by Gasteiger charge is -2.09. The van der Waals surface area contributed by atoms with Crippen molar-refractivity contribution in [3.63, 3.8) is 0 Å². The molecule has 0 aliphatic carbocycles. The van der Waals surface area contributed by atoms with Crippen LogP contribution in [0.1, 0.15) is 23.7 Å². The van der Waals surface area contributed by atoms with Crippen molar-refractivity contribution >= 4 is 5.97 Å². The Kier molecular flexibility index (Phi) is 3.86. The number of benzene rings is 1. The highest BCUT2D eigenvalue weighted by Gasteiger charge is 2.19. The molecular weight excluding hydrogens is 210 g/mol. The van der Waals surface area contributed by atoms with Crippen molar-refractivity contribution in [1.82, 2.24) is 0 Å². The largest absolute Gasteiger partial charge is 0.508 e. The van der Waals surface area contributed by atoms with E-state index in [0.717, 1.165) is 0 Å². The molecule has 0 aromatic heterocycles. The van der Waals surface area contributed by atoms with E-state index in [4.69, 9.17) is 10.4 Å². The molecule has 0 bridgehead atoms. The van der Waals surface area contributed by atoms with Gasteiger partial charge in [0, 0.05) is 12.0 Å². The van der Waals surface area contributed by atoms with E-state index in [9.17, 15) is 15.0 Å². The van der Waals surface area contributed by atoms with Crippen molar-refractivity contribution in [1.29, 1.82) is 5.26 Å². The number of nitriles is 1. The topological polar surface area (TPSA) is 102 Å². The van der Waals surface area contributed by atoms with Gasteiger partial charge in [-0.05, 0) is 24.1 Å². The number of aliphatic hydroxyl groups is 1. The quantitative estimate of drug-likeness (QED) is 0.703. The number of rotatable bonds is 4. The van der Waals surface area contributed by atoms with Crippen LogP contribution in [0.15, 0.2) is 18.2 Å². The van der Waals surface area contributed by atoms with E-state index in [2.05, 4.69) is 0 Å². The van der Waals surface area contributed by atoms with Crippen LogP contribution in [0.3, 0.4) is 0 Å². The number of phenolic OH excluding ortho intramolecular Hbond substituents is 1. The Morgan fingerprint density at radius 3 is 2.75 bits per heavy atom. The number of hydrogen-bond donors (Lipinski definition) is 3. The molecule has 0 amide bonds. The smallest absolute Gasteiger partial charge is 0.337 e. The van der Waals surface area contributed by atoms with E-state index < -0.39 is 12.1 Å². The van der Waals surface area contributed by atoms with Crippen LogP contribution in [0.2, 0.25) is 0 Å². The van der Waals surface area contributed by atoms with Gasteiger partial charge >= 0.3 is 5.97 Å². The summed E-state index contributed by atoms with van der Waals surface area (Å²) in [5.41, 5.74) is 0.651. The molecular formula is C11H11NO4. The molecule has 1 rings (SSSR count). The lowest BCUT2D eigenvalue weighted by Crippen LogP contribution is -2.11. The summed E-state index contributed by atoms with van der Waals surface area (Å²) >= 11 is 0. The van der Waals surface area contributed by atoms with E-state index in [1.807, 2.05) is 6.07 Å². The average Bonchev–Trinajstić information content (AvgIpc) is 2.27. The van der Waals surface area contributed by atoms with Crippen LogP contribution < -0.4 is 0 Å². The van der Waals surface area contributed by atoms with E-state index in [-0.39, 0.29) is 11.3 Å². The second kappa shape index (κ2) is 5.14. The van der Waals surface area contributed by atoms with Crippen LogP contribution in [-0.2, 0) is 11.2 Å². The molecule has 0 aliphatic rings. The van der Waals surface area contributed by atoms with E-state index >= 15 is 0 Å². The second-order valence-corrected chi connectivity index (χ2v) is 3.29. The molecule has 1 aromatic carbocycles. The molecule has 0 spiro atoms. The number of hydrogen-bond acceptors (Lipinski definition) is 4. The van der Waals surface area contributed by atoms with Crippen molar-refractivity contribution in [2.24, 2.45) is 0 Å². The Morgan fingerprint density at radius 2 is 2.19 bits per heavy atom. The highest BCUT2D eigenvalue weighted by atomic mass is 16.4. The van der Waals surface area contributed by atoms with Gasteiger partial charge < -0.3 is 15.3 Å². The number of phenols is 1. The summed E-state index contributed by atoms with van der Waals surface area (Å²) in [7, 11) is 0. The number of carboxylic acid groups (broad SMARTS) is 1. The van der Waals surface area contributed by atoms with Crippen molar-refractivity contribution in [2.45, 2.75) is 18.9 Å². The van der Waals surface area contributed by atoms with Gasteiger partial charge in [0.2, 0.25) is 0 Å². The van der Waals surface area contributed by atoms with Gasteiger partial charge in [0.15, 0.2) is 6.10 Å². The first-order valence-corrected chi connectivity index (χ1v) is 4.66. The Balaban J connectivity index is 2.99. The fourth-order valence-electron chi connectivity index (χ4n) is 1.31. The molecule has 0 heterocycles. The number of nitrogens with zero attached hydrogens (tertiary/aromatic N) is 1. The molecule has 0 saturated carbocycles. The predicted molar refractivity (Wildman–Crippen MR) is 54.6 cm³/mol. The molecule has 3 N–H and O–H groups in total. The number of aliphatic carboxylic acids is 1. The van der Waals surface area contributed by atoms with E-state index in [1.165, 1.54) is 12.1 Å². The van der Waals surface area contributed by atoms with Crippen molar-refractivity contribution in [2.75, 3.05) is 0 Å². The van der Waals surface area contributed by atoms with Gasteiger partial charge in [-0.3, -0.25) is 0 Å². The molecule has 5 nitrogen and oxygen atoms in total. The molecule has 1 unspecified atom stereocenters. The fraction of sp³-hybridized carbons (Fsp3) is 0.273. The summed E-state index contributed by atoms with van der Waals surface area (Å²) in [5.74, 6) is -1.69. The predicted octanol–water partition coefficient (Wildman–Crippen LogP) is 0.966. The first-order valence-electron chi connectivity index (χ1n) is 4.66. The second-order valence-electron chi connectivity index (χ2n) is 3.29. The number of aryl methyl sites for hydroxylation is 1. The maximum Gasteiger partial charge on any atom is 0.337 e. The number of carboxylic acids is 1. The van der Waals surface area contributed by atoms with Gasteiger partial charge in [-0.1, -0.05) is 6.07 Å². The molecule has 0 radical (unpaired) electrons. The van der Waals surface area contributed by atoms with Gasteiger partial charge in [-0.25, -0.2) is 4.79 Å². The van der Waals surface area contributed by atoms with Crippen LogP contribution in [0.4, 0.5) is 0 Å². The fourth-order valence-corrected chi connectivity index (χ4v) is 1.31. The van der Waals surface area contributed by atoms with Crippen LogP contribution in [-0.4, -0.2) is 21.3 Å². The Morgan fingerprint density at radius 1 is 1.50 bits per heavy atom. The summed E-state index contributed by atoms with van der Waals surface area (Å²) < 4.78 is 0. The molecule has 1 atom stereocenters. The zero-order valence-corrected chi connectivity index (χ0v) is 8.42. The normalized spacial score (nSPS) is 11.8. The van der Waals surface area contributed by atoms with Gasteiger partial charge in [0.05, 0.1) is 6.07 Å². The van der Waals surface area contributed by atoms with Gasteiger partial charge in [0.1, 0.15) is 5.75 Å². The Hall–Kier alpha value is -2.06. The number of aromatic hydroxyl groups is 1. The highest BCUT2D eigenvalue weighted by molar-refractivity contribution is 5.75. The van der Waals surface area contributed by atoms with E-state index in [1.54, 1.807) is 6.07 Å². The monoisotopic (exact) mass is 221 g/mol. The number of aliphatic hydroxyl groups excluding tert-OH is 1. The molecule has 0 saturated heterocycles. The average molecular weight is 221 g/mol. The third-order valence-electron chi connectivity index (χ3n) is 2.15. The zero-order valence-electron chi connectivity index (χ0n) is 8.42. The summed E-state index contributed by atoms with van der Waals surface area (Å²) in [6.45, 7) is 0. The van der Waals surface area contributed by atoms with Crippen molar-refractivity contribution in [3.05, 3.63) is 29.3 Å². The maximum atomic E-state index is 10.6. The summed E-state index contributed by atoms with van der Waals surface area (Å²) in [6.07, 6.45) is -0.995. The molecule has 84 valence electrons. The minimum atomic E-state index is -1.75. The maximum absolute atomic E-state index is 10.6. The SMILES string of the molecule is N#CCCc1ccc(O)c(C(O)C(=O)O)c1. The third kappa shape index (κ3) is 2.72. The van der Waals surface area contributed by atoms with Crippen LogP contribution >= 0.6 is 0 Å². The standard InChI is InChI=1S/C11H11NO4/c12-5-1-2-7-3-4-9(13)8(6-7)10(14)11(15)16/h3-4,6,10,13-14H,1-2H2,(H,15,16). The Labute approximate surface area is 92.2 Å². The molecule has 5 heteroatoms. The van der Waals surface area contributed by atoms with Crippen LogP contribution in [0.5, 0.6) is 5.75 Å². The third-order valence-corrected chi connectivity index (χ3v) is 2.15. The van der Waals surface area contributed by atoms with Crippen LogP contribution in [0, 0.1) is 11.3 Å². The summed E-state index contributed by atoms with van der Waals surface area (Å²) in [4.78, 5) is 10.6. The first kappa shape index (κ1) is 12.0. The van der Waals surface area contributed by atoms with Crippen LogP contribution in [0.25, 0.3) is 0 Å². The van der Waals surface area contributed by atoms with Crippen molar-refractivity contribution < 1.29 is 20.1 Å². The van der Waals surface area contributed by atoms with E-state index in [0.29, 0.717) is 18.4 Å². The molecule has 16 heavy (non-hydrogen) atoms. The minimum absolute atomic E-state index is 0.0528. The zero-order chi connectivity index (χ0) is 12.1. The Bertz CT molecular complexity index is 436. The lowest BCUT2D eigenvalue weighted by molar-refractivity contribution is -0.147. The van der Waals surface area contributed by atoms with Gasteiger partial charge in [-0.15, -0.1) is 0 Å². The number of carbonyl (C=O) groups is 1. The molecule has 1 aromatic rings. The van der Waals surface area contributed by atoms with Crippen molar-refractivity contribution in [3.8, 4) is 11.8 Å².